The van der Waals surface area contributed by atoms with Crippen LogP contribution in [0.2, 0.25) is 0 Å². The first-order valence-electron chi connectivity index (χ1n) is 3.91. The number of nitrogens with zero attached hydrogens (tertiary/aromatic N) is 2. The number of aromatic nitrogens is 2. The molecule has 0 radical (unpaired) electrons. The number of phenolic OH excluding ortho intramolecular Hbond substituents is 1. The van der Waals surface area contributed by atoms with Gasteiger partial charge in [-0.1, -0.05) is 15.9 Å². The molecule has 0 aliphatic heterocycles. The van der Waals surface area contributed by atoms with E-state index in [0.717, 1.165) is 21.1 Å². The van der Waals surface area contributed by atoms with E-state index in [1.807, 2.05) is 20.0 Å². The molecule has 1 N–H and O–H groups in total. The van der Waals surface area contributed by atoms with Crippen molar-refractivity contribution < 1.29 is 5.11 Å². The minimum atomic E-state index is 0.273. The monoisotopic (exact) mass is 240 g/mol. The van der Waals surface area contributed by atoms with Gasteiger partial charge in [-0.25, -0.2) is 0 Å². The Morgan fingerprint density at radius 2 is 2.15 bits per heavy atom. The Kier molecular flexibility index (Phi) is 1.80. The van der Waals surface area contributed by atoms with E-state index in [2.05, 4.69) is 21.0 Å². The van der Waals surface area contributed by atoms with E-state index in [1.165, 1.54) is 0 Å². The molecule has 0 atom stereocenters. The van der Waals surface area contributed by atoms with Crippen molar-refractivity contribution in [1.29, 1.82) is 0 Å². The largest absolute Gasteiger partial charge is 0.507 e. The van der Waals surface area contributed by atoms with Crippen LogP contribution in [-0.2, 0) is 7.05 Å². The molecule has 0 unspecified atom stereocenters. The third-order valence-electron chi connectivity index (χ3n) is 2.17. The van der Waals surface area contributed by atoms with Crippen LogP contribution in [0.4, 0.5) is 0 Å². The van der Waals surface area contributed by atoms with Crippen LogP contribution in [0, 0.1) is 6.92 Å². The molecule has 0 aliphatic rings. The molecule has 1 heterocycles. The number of rotatable bonds is 0. The Morgan fingerprint density at radius 1 is 1.46 bits per heavy atom. The summed E-state index contributed by atoms with van der Waals surface area (Å²) in [5.41, 5.74) is 1.78. The normalized spacial score (nSPS) is 11.0. The number of fused-ring (bicyclic) bond motifs is 1. The third-order valence-corrected chi connectivity index (χ3v) is 2.62. The SMILES string of the molecule is Cc1c2c(O)cc(Br)cc2nn1C. The summed E-state index contributed by atoms with van der Waals surface area (Å²) in [6.07, 6.45) is 0. The predicted octanol–water partition coefficient (Wildman–Crippen LogP) is 2.35. The Bertz CT molecular complexity index is 476. The Hall–Kier alpha value is -1.03. The molecule has 3 nitrogen and oxygen atoms in total. The maximum absolute atomic E-state index is 9.66. The zero-order valence-corrected chi connectivity index (χ0v) is 8.96. The topological polar surface area (TPSA) is 38.1 Å². The van der Waals surface area contributed by atoms with Crippen molar-refractivity contribution in [1.82, 2.24) is 9.78 Å². The van der Waals surface area contributed by atoms with Crippen molar-refractivity contribution in [2.45, 2.75) is 6.92 Å². The highest BCUT2D eigenvalue weighted by molar-refractivity contribution is 9.10. The number of aryl methyl sites for hydroxylation is 2. The maximum Gasteiger partial charge on any atom is 0.127 e. The second-order valence-corrected chi connectivity index (χ2v) is 3.94. The minimum absolute atomic E-state index is 0.273. The second-order valence-electron chi connectivity index (χ2n) is 3.03. The maximum atomic E-state index is 9.66. The van der Waals surface area contributed by atoms with Crippen LogP contribution in [-0.4, -0.2) is 14.9 Å². The fourth-order valence-corrected chi connectivity index (χ4v) is 1.86. The van der Waals surface area contributed by atoms with Crippen molar-refractivity contribution in [2.24, 2.45) is 7.05 Å². The molecule has 0 aliphatic carbocycles. The summed E-state index contributed by atoms with van der Waals surface area (Å²) >= 11 is 3.31. The molecule has 0 amide bonds. The van der Waals surface area contributed by atoms with Crippen molar-refractivity contribution in [2.75, 3.05) is 0 Å². The quantitative estimate of drug-likeness (QED) is 0.768. The fourth-order valence-electron chi connectivity index (χ4n) is 1.43. The third kappa shape index (κ3) is 1.21. The van der Waals surface area contributed by atoms with Gasteiger partial charge in [0.2, 0.25) is 0 Å². The fraction of sp³-hybridized carbons (Fsp3) is 0.222. The highest BCUT2D eigenvalue weighted by Crippen LogP contribution is 2.30. The number of hydrogen-bond donors (Lipinski definition) is 1. The molecule has 2 rings (SSSR count). The Labute approximate surface area is 84.1 Å². The van der Waals surface area contributed by atoms with E-state index in [-0.39, 0.29) is 5.75 Å². The van der Waals surface area contributed by atoms with Gasteiger partial charge in [0, 0.05) is 17.2 Å². The van der Waals surface area contributed by atoms with Crippen LogP contribution >= 0.6 is 15.9 Å². The molecular weight excluding hydrogens is 232 g/mol. The second kappa shape index (κ2) is 2.73. The summed E-state index contributed by atoms with van der Waals surface area (Å²) in [6.45, 7) is 1.93. The molecule has 0 bridgehead atoms. The van der Waals surface area contributed by atoms with Crippen LogP contribution in [0.3, 0.4) is 0 Å². The van der Waals surface area contributed by atoms with Gasteiger partial charge >= 0.3 is 0 Å². The minimum Gasteiger partial charge on any atom is -0.507 e. The molecule has 0 fully saturated rings. The average Bonchev–Trinajstić information content (AvgIpc) is 2.27. The molecule has 2 aromatic rings. The summed E-state index contributed by atoms with van der Waals surface area (Å²) in [7, 11) is 1.86. The molecular formula is C9H9BrN2O. The molecule has 13 heavy (non-hydrogen) atoms. The first-order valence-corrected chi connectivity index (χ1v) is 4.70. The Balaban J connectivity index is 2.94. The summed E-state index contributed by atoms with van der Waals surface area (Å²) in [6, 6.07) is 3.57. The van der Waals surface area contributed by atoms with Crippen LogP contribution in [0.1, 0.15) is 5.69 Å². The summed E-state index contributed by atoms with van der Waals surface area (Å²) in [5.74, 6) is 0.273. The summed E-state index contributed by atoms with van der Waals surface area (Å²) in [5, 5.41) is 14.7. The average molecular weight is 241 g/mol. The van der Waals surface area contributed by atoms with E-state index in [1.54, 1.807) is 10.7 Å². The lowest BCUT2D eigenvalue weighted by molar-refractivity contribution is 0.481. The molecule has 0 spiro atoms. The molecule has 0 saturated carbocycles. The first kappa shape index (κ1) is 8.56. The van der Waals surface area contributed by atoms with Crippen LogP contribution in [0.5, 0.6) is 5.75 Å². The number of halogens is 1. The highest BCUT2D eigenvalue weighted by atomic mass is 79.9. The zero-order valence-electron chi connectivity index (χ0n) is 7.37. The smallest absolute Gasteiger partial charge is 0.127 e. The van der Waals surface area contributed by atoms with Crippen molar-refractivity contribution >= 4 is 26.8 Å². The van der Waals surface area contributed by atoms with E-state index in [4.69, 9.17) is 0 Å². The predicted molar refractivity (Wildman–Crippen MR) is 54.8 cm³/mol. The lowest BCUT2D eigenvalue weighted by Gasteiger charge is -1.96. The van der Waals surface area contributed by atoms with Gasteiger partial charge in [0.05, 0.1) is 10.9 Å². The number of hydrogen-bond acceptors (Lipinski definition) is 2. The highest BCUT2D eigenvalue weighted by Gasteiger charge is 2.09. The summed E-state index contributed by atoms with van der Waals surface area (Å²) < 4.78 is 2.60. The van der Waals surface area contributed by atoms with Gasteiger partial charge in [-0.3, -0.25) is 4.68 Å². The molecule has 4 heteroatoms. The van der Waals surface area contributed by atoms with E-state index >= 15 is 0 Å². The first-order chi connectivity index (χ1) is 6.09. The lowest BCUT2D eigenvalue weighted by atomic mass is 10.2. The number of aromatic hydroxyl groups is 1. The van der Waals surface area contributed by atoms with Crippen molar-refractivity contribution in [3.8, 4) is 5.75 Å². The van der Waals surface area contributed by atoms with E-state index in [9.17, 15) is 5.11 Å². The van der Waals surface area contributed by atoms with Gasteiger partial charge in [-0.15, -0.1) is 0 Å². The van der Waals surface area contributed by atoms with Gasteiger partial charge in [0.15, 0.2) is 0 Å². The number of benzene rings is 1. The molecule has 1 aromatic heterocycles. The van der Waals surface area contributed by atoms with Crippen LogP contribution in [0.15, 0.2) is 16.6 Å². The van der Waals surface area contributed by atoms with Gasteiger partial charge < -0.3 is 5.11 Å². The lowest BCUT2D eigenvalue weighted by Crippen LogP contribution is -1.91. The zero-order chi connectivity index (χ0) is 9.59. The van der Waals surface area contributed by atoms with Crippen molar-refractivity contribution in [3.05, 3.63) is 22.3 Å². The summed E-state index contributed by atoms with van der Waals surface area (Å²) in [4.78, 5) is 0. The molecule has 1 aromatic carbocycles. The van der Waals surface area contributed by atoms with E-state index in [0.29, 0.717) is 0 Å². The number of phenols is 1. The molecule has 0 saturated heterocycles. The van der Waals surface area contributed by atoms with Gasteiger partial charge in [0.1, 0.15) is 5.75 Å². The molecule has 68 valence electrons. The van der Waals surface area contributed by atoms with Gasteiger partial charge in [-0.2, -0.15) is 5.10 Å². The van der Waals surface area contributed by atoms with Crippen LogP contribution < -0.4 is 0 Å². The van der Waals surface area contributed by atoms with Crippen LogP contribution in [0.25, 0.3) is 10.9 Å². The Morgan fingerprint density at radius 3 is 2.85 bits per heavy atom. The van der Waals surface area contributed by atoms with Gasteiger partial charge in [0.25, 0.3) is 0 Å². The standard InChI is InChI=1S/C9H9BrN2O/c1-5-9-7(11-12(5)2)3-6(10)4-8(9)13/h3-4,13H,1-2H3. The van der Waals surface area contributed by atoms with Crippen molar-refractivity contribution in [3.63, 3.8) is 0 Å². The van der Waals surface area contributed by atoms with E-state index < -0.39 is 0 Å². The van der Waals surface area contributed by atoms with Gasteiger partial charge in [-0.05, 0) is 19.1 Å².